The maximum Gasteiger partial charge on any atom is 0.119 e. The maximum atomic E-state index is 13.0. The molecule has 0 aliphatic carbocycles. The second kappa shape index (κ2) is 4.02. The molecule has 1 aliphatic heterocycles. The van der Waals surface area contributed by atoms with E-state index in [1.54, 1.807) is 0 Å². The zero-order chi connectivity index (χ0) is 8.27. The lowest BCUT2D eigenvalue weighted by molar-refractivity contribution is 0.0706. The number of nitrogens with zero attached hydrogens (tertiary/aromatic N) is 1. The number of rotatable bonds is 3. The average molecular weight is 161 g/mol. The predicted molar refractivity (Wildman–Crippen MR) is 42.4 cm³/mol. The monoisotopic (exact) mass is 161 g/mol. The molecule has 0 aromatic rings. The predicted octanol–water partition coefficient (Wildman–Crippen LogP) is 1.07. The highest BCUT2D eigenvalue weighted by Crippen LogP contribution is 2.18. The van der Waals surface area contributed by atoms with Gasteiger partial charge in [0.1, 0.15) is 6.17 Å². The number of ether oxygens (including phenoxy) is 1. The molecule has 0 N–H and O–H groups in total. The van der Waals surface area contributed by atoms with Gasteiger partial charge < -0.3 is 4.74 Å². The van der Waals surface area contributed by atoms with Gasteiger partial charge in [-0.2, -0.15) is 0 Å². The third-order valence-corrected chi connectivity index (χ3v) is 2.23. The van der Waals surface area contributed by atoms with Crippen molar-refractivity contribution in [3.05, 3.63) is 0 Å². The first-order chi connectivity index (χ1) is 5.25. The summed E-state index contributed by atoms with van der Waals surface area (Å²) in [5.41, 5.74) is 0. The molecule has 1 rings (SSSR count). The first kappa shape index (κ1) is 8.94. The number of likely N-dealkylation sites (tertiary alicyclic amines) is 1. The molecule has 1 aliphatic rings. The fraction of sp³-hybridized carbons (Fsp3) is 1.00. The van der Waals surface area contributed by atoms with Crippen LogP contribution < -0.4 is 0 Å². The third-order valence-electron chi connectivity index (χ3n) is 2.23. The van der Waals surface area contributed by atoms with E-state index in [1.165, 1.54) is 0 Å². The Kier molecular flexibility index (Phi) is 3.27. The SMILES string of the molecule is CCOCC1C(F)CCN1C. The summed E-state index contributed by atoms with van der Waals surface area (Å²) in [5, 5.41) is 0. The summed E-state index contributed by atoms with van der Waals surface area (Å²) < 4.78 is 18.2. The van der Waals surface area contributed by atoms with Crippen LogP contribution in [0.1, 0.15) is 13.3 Å². The maximum absolute atomic E-state index is 13.0. The van der Waals surface area contributed by atoms with Crippen molar-refractivity contribution in [1.29, 1.82) is 0 Å². The number of hydrogen-bond acceptors (Lipinski definition) is 2. The largest absolute Gasteiger partial charge is 0.380 e. The highest BCUT2D eigenvalue weighted by molar-refractivity contribution is 4.84. The van der Waals surface area contributed by atoms with Crippen molar-refractivity contribution in [2.24, 2.45) is 0 Å². The van der Waals surface area contributed by atoms with Gasteiger partial charge in [0.15, 0.2) is 0 Å². The van der Waals surface area contributed by atoms with E-state index in [1.807, 2.05) is 18.9 Å². The topological polar surface area (TPSA) is 12.5 Å². The summed E-state index contributed by atoms with van der Waals surface area (Å²) in [6.07, 6.45) is -0.0274. The van der Waals surface area contributed by atoms with Crippen LogP contribution in [0.3, 0.4) is 0 Å². The molecule has 0 amide bonds. The van der Waals surface area contributed by atoms with Crippen LogP contribution in [0, 0.1) is 0 Å². The normalized spacial score (nSPS) is 33.0. The van der Waals surface area contributed by atoms with Gasteiger partial charge in [0.05, 0.1) is 12.6 Å². The standard InChI is InChI=1S/C8H16FNO/c1-3-11-6-8-7(9)4-5-10(8)2/h7-8H,3-6H2,1-2H3. The smallest absolute Gasteiger partial charge is 0.119 e. The molecular weight excluding hydrogens is 145 g/mol. The molecule has 3 heteroatoms. The second-order valence-electron chi connectivity index (χ2n) is 3.01. The Morgan fingerprint density at radius 1 is 1.64 bits per heavy atom. The number of likely N-dealkylation sites (N-methyl/N-ethyl adjacent to an activating group) is 1. The highest BCUT2D eigenvalue weighted by atomic mass is 19.1. The molecule has 0 saturated carbocycles. The Labute approximate surface area is 67.3 Å². The Morgan fingerprint density at radius 3 is 2.82 bits per heavy atom. The lowest BCUT2D eigenvalue weighted by Gasteiger charge is -2.20. The van der Waals surface area contributed by atoms with Gasteiger partial charge in [0.2, 0.25) is 0 Å². The summed E-state index contributed by atoms with van der Waals surface area (Å²) in [6.45, 7) is 4.01. The first-order valence-electron chi connectivity index (χ1n) is 4.17. The highest BCUT2D eigenvalue weighted by Gasteiger charge is 2.31. The van der Waals surface area contributed by atoms with Gasteiger partial charge in [-0.15, -0.1) is 0 Å². The Bertz CT molecular complexity index is 111. The van der Waals surface area contributed by atoms with Crippen LogP contribution in [0.2, 0.25) is 0 Å². The molecule has 1 saturated heterocycles. The van der Waals surface area contributed by atoms with Crippen molar-refractivity contribution < 1.29 is 9.13 Å². The van der Waals surface area contributed by atoms with Crippen LogP contribution in [0.5, 0.6) is 0 Å². The molecule has 0 aromatic heterocycles. The van der Waals surface area contributed by atoms with E-state index >= 15 is 0 Å². The van der Waals surface area contributed by atoms with Crippen molar-refractivity contribution in [3.8, 4) is 0 Å². The first-order valence-corrected chi connectivity index (χ1v) is 4.17. The minimum Gasteiger partial charge on any atom is -0.380 e. The summed E-state index contributed by atoms with van der Waals surface area (Å²) in [5.74, 6) is 0. The molecule has 0 spiro atoms. The quantitative estimate of drug-likeness (QED) is 0.613. The van der Waals surface area contributed by atoms with E-state index in [4.69, 9.17) is 4.74 Å². The lowest BCUT2D eigenvalue weighted by atomic mass is 10.2. The molecule has 2 nitrogen and oxygen atoms in total. The van der Waals surface area contributed by atoms with Gasteiger partial charge in [-0.3, -0.25) is 4.90 Å². The van der Waals surface area contributed by atoms with E-state index in [0.29, 0.717) is 19.6 Å². The molecular formula is C8H16FNO. The van der Waals surface area contributed by atoms with Crippen molar-refractivity contribution in [2.75, 3.05) is 26.8 Å². The summed E-state index contributed by atoms with van der Waals surface area (Å²) in [6, 6.07) is -0.00468. The lowest BCUT2D eigenvalue weighted by Crippen LogP contribution is -2.34. The van der Waals surface area contributed by atoms with Crippen molar-refractivity contribution >= 4 is 0 Å². The zero-order valence-corrected chi connectivity index (χ0v) is 7.22. The van der Waals surface area contributed by atoms with E-state index in [9.17, 15) is 4.39 Å². The van der Waals surface area contributed by atoms with E-state index < -0.39 is 6.17 Å². The Hall–Kier alpha value is -0.150. The van der Waals surface area contributed by atoms with Crippen LogP contribution in [-0.2, 0) is 4.74 Å². The van der Waals surface area contributed by atoms with Crippen molar-refractivity contribution in [1.82, 2.24) is 4.90 Å². The number of halogens is 1. The van der Waals surface area contributed by atoms with Crippen molar-refractivity contribution in [3.63, 3.8) is 0 Å². The molecule has 0 radical (unpaired) electrons. The van der Waals surface area contributed by atoms with Crippen LogP contribution in [0.4, 0.5) is 4.39 Å². The number of hydrogen-bond donors (Lipinski definition) is 0. The minimum absolute atomic E-state index is 0.00468. The van der Waals surface area contributed by atoms with Gasteiger partial charge in [-0.25, -0.2) is 4.39 Å². The van der Waals surface area contributed by atoms with Crippen LogP contribution in [0.25, 0.3) is 0 Å². The van der Waals surface area contributed by atoms with Crippen molar-refractivity contribution in [2.45, 2.75) is 25.6 Å². The van der Waals surface area contributed by atoms with Crippen LogP contribution in [0.15, 0.2) is 0 Å². The van der Waals surface area contributed by atoms with Gasteiger partial charge in [0, 0.05) is 13.2 Å². The molecule has 1 heterocycles. The molecule has 2 atom stereocenters. The molecule has 1 fully saturated rings. The fourth-order valence-electron chi connectivity index (χ4n) is 1.43. The molecule has 0 bridgehead atoms. The van der Waals surface area contributed by atoms with Crippen LogP contribution in [-0.4, -0.2) is 43.9 Å². The van der Waals surface area contributed by atoms with Gasteiger partial charge in [-0.1, -0.05) is 0 Å². The number of alkyl halides is 1. The fourth-order valence-corrected chi connectivity index (χ4v) is 1.43. The second-order valence-corrected chi connectivity index (χ2v) is 3.01. The van der Waals surface area contributed by atoms with E-state index in [2.05, 4.69) is 0 Å². The Morgan fingerprint density at radius 2 is 2.36 bits per heavy atom. The zero-order valence-electron chi connectivity index (χ0n) is 7.22. The Balaban J connectivity index is 2.29. The van der Waals surface area contributed by atoms with Crippen LogP contribution >= 0.6 is 0 Å². The average Bonchev–Trinajstić information content (AvgIpc) is 2.29. The molecule has 66 valence electrons. The summed E-state index contributed by atoms with van der Waals surface area (Å²) in [7, 11) is 1.95. The van der Waals surface area contributed by atoms with Gasteiger partial charge in [-0.05, 0) is 20.4 Å². The summed E-state index contributed by atoms with van der Waals surface area (Å²) >= 11 is 0. The molecule has 0 aromatic carbocycles. The summed E-state index contributed by atoms with van der Waals surface area (Å²) in [4.78, 5) is 2.03. The molecule has 2 unspecified atom stereocenters. The van der Waals surface area contributed by atoms with Gasteiger partial charge in [0.25, 0.3) is 0 Å². The van der Waals surface area contributed by atoms with E-state index in [0.717, 1.165) is 6.54 Å². The van der Waals surface area contributed by atoms with Gasteiger partial charge >= 0.3 is 0 Å². The third kappa shape index (κ3) is 2.14. The van der Waals surface area contributed by atoms with E-state index in [-0.39, 0.29) is 6.04 Å². The molecule has 11 heavy (non-hydrogen) atoms. The minimum atomic E-state index is -0.688.